The Kier molecular flexibility index (Phi) is 4.71. The van der Waals surface area contributed by atoms with Gasteiger partial charge in [0.1, 0.15) is 17.2 Å². The summed E-state index contributed by atoms with van der Waals surface area (Å²) < 4.78 is 32.9. The van der Waals surface area contributed by atoms with Crippen LogP contribution in [0.1, 0.15) is 6.92 Å². The van der Waals surface area contributed by atoms with E-state index in [4.69, 9.17) is 9.84 Å². The van der Waals surface area contributed by atoms with E-state index < -0.39 is 35.7 Å². The zero-order valence-corrected chi connectivity index (χ0v) is 11.7. The highest BCUT2D eigenvalue weighted by Crippen LogP contribution is 2.29. The minimum atomic E-state index is -0.997. The summed E-state index contributed by atoms with van der Waals surface area (Å²) in [4.78, 5) is 24.3. The molecule has 22 heavy (non-hydrogen) atoms. The van der Waals surface area contributed by atoms with Crippen molar-refractivity contribution in [1.29, 1.82) is 0 Å². The number of imide groups is 1. The molecule has 1 aromatic rings. The predicted molar refractivity (Wildman–Crippen MR) is 73.0 cm³/mol. The van der Waals surface area contributed by atoms with Gasteiger partial charge in [0, 0.05) is 6.08 Å². The van der Waals surface area contributed by atoms with Crippen LogP contribution in [0, 0.1) is 11.6 Å². The molecule has 1 aliphatic heterocycles. The van der Waals surface area contributed by atoms with Gasteiger partial charge in [-0.25, -0.2) is 8.78 Å². The van der Waals surface area contributed by atoms with Crippen molar-refractivity contribution in [3.63, 3.8) is 0 Å². The zero-order valence-electron chi connectivity index (χ0n) is 11.7. The molecule has 118 valence electrons. The number of carbonyl (C=O) groups is 2. The number of hydrogen-bond acceptors (Lipinski definition) is 5. The Balaban J connectivity index is 2.28. The maximum absolute atomic E-state index is 14.1. The average molecular weight is 312 g/mol. The molecule has 0 unspecified atom stereocenters. The van der Waals surface area contributed by atoms with Gasteiger partial charge in [-0.3, -0.25) is 14.5 Å². The first-order chi connectivity index (χ1) is 10.5. The Hall–Kier alpha value is -2.48. The molecule has 1 aromatic carbocycles. The van der Waals surface area contributed by atoms with E-state index in [0.717, 1.165) is 23.1 Å². The van der Waals surface area contributed by atoms with Gasteiger partial charge in [-0.05, 0) is 19.1 Å². The number of benzene rings is 1. The number of amides is 2. The smallest absolute Gasteiger partial charge is 0.277 e. The van der Waals surface area contributed by atoms with Gasteiger partial charge in [-0.15, -0.1) is 0 Å². The van der Waals surface area contributed by atoms with E-state index >= 15 is 0 Å². The third kappa shape index (κ3) is 2.91. The molecule has 0 saturated carbocycles. The first-order valence-electron chi connectivity index (χ1n) is 6.55. The van der Waals surface area contributed by atoms with Crippen molar-refractivity contribution in [2.45, 2.75) is 6.92 Å². The second-order valence-corrected chi connectivity index (χ2v) is 4.37. The lowest BCUT2D eigenvalue weighted by Gasteiger charge is -2.15. The van der Waals surface area contributed by atoms with Crippen LogP contribution in [0.3, 0.4) is 0 Å². The first-order valence-corrected chi connectivity index (χ1v) is 6.55. The number of nitrogens with one attached hydrogen (secondary N) is 1. The fourth-order valence-electron chi connectivity index (χ4n) is 1.96. The van der Waals surface area contributed by atoms with Crippen LogP contribution in [0.15, 0.2) is 23.9 Å². The Morgan fingerprint density at radius 1 is 1.32 bits per heavy atom. The highest BCUT2D eigenvalue weighted by atomic mass is 19.1. The van der Waals surface area contributed by atoms with Crippen LogP contribution < -0.4 is 10.1 Å². The van der Waals surface area contributed by atoms with Gasteiger partial charge in [-0.1, -0.05) is 0 Å². The molecule has 0 spiro atoms. The molecular weight excluding hydrogens is 298 g/mol. The van der Waals surface area contributed by atoms with Gasteiger partial charge in [0.05, 0.1) is 19.8 Å². The Labute approximate surface area is 125 Å². The number of β-amino-alcohol motifs (C(OH)–C–C–N with tert-alkyl or cyclic N) is 1. The molecule has 2 N–H and O–H groups in total. The minimum Gasteiger partial charge on any atom is -0.491 e. The van der Waals surface area contributed by atoms with Gasteiger partial charge in [0.2, 0.25) is 0 Å². The van der Waals surface area contributed by atoms with Crippen molar-refractivity contribution in [3.05, 3.63) is 35.5 Å². The molecule has 2 rings (SSSR count). The van der Waals surface area contributed by atoms with Crippen molar-refractivity contribution in [3.8, 4) is 5.75 Å². The average Bonchev–Trinajstić information content (AvgIpc) is 2.74. The maximum Gasteiger partial charge on any atom is 0.277 e. The van der Waals surface area contributed by atoms with E-state index in [1.54, 1.807) is 6.92 Å². The summed E-state index contributed by atoms with van der Waals surface area (Å²) in [6.45, 7) is 1.24. The monoisotopic (exact) mass is 312 g/mol. The van der Waals surface area contributed by atoms with Crippen molar-refractivity contribution < 1.29 is 28.2 Å². The highest BCUT2D eigenvalue weighted by Gasteiger charge is 2.31. The molecule has 2 amide bonds. The predicted octanol–water partition coefficient (Wildman–Crippen LogP) is 1.02. The SMILES string of the molecule is CCOc1ccc(F)c(NC2=CC(=O)N(CCO)C2=O)c1F. The molecular formula is C14H14F2N2O4. The fraction of sp³-hybridized carbons (Fsp3) is 0.286. The molecule has 0 bridgehead atoms. The molecule has 0 aromatic heterocycles. The zero-order chi connectivity index (χ0) is 16.3. The summed E-state index contributed by atoms with van der Waals surface area (Å²) in [5, 5.41) is 11.1. The molecule has 1 heterocycles. The van der Waals surface area contributed by atoms with E-state index in [1.807, 2.05) is 0 Å². The lowest BCUT2D eigenvalue weighted by molar-refractivity contribution is -0.137. The molecule has 1 aliphatic rings. The van der Waals surface area contributed by atoms with Crippen LogP contribution >= 0.6 is 0 Å². The highest BCUT2D eigenvalue weighted by molar-refractivity contribution is 6.17. The van der Waals surface area contributed by atoms with Crippen LogP contribution in [-0.2, 0) is 9.59 Å². The molecule has 0 saturated heterocycles. The Bertz CT molecular complexity index is 646. The van der Waals surface area contributed by atoms with Gasteiger partial charge in [0.15, 0.2) is 11.6 Å². The lowest BCUT2D eigenvalue weighted by Crippen LogP contribution is -2.34. The Morgan fingerprint density at radius 3 is 2.68 bits per heavy atom. The fourth-order valence-corrected chi connectivity index (χ4v) is 1.96. The minimum absolute atomic E-state index is 0.170. The third-order valence-electron chi connectivity index (χ3n) is 2.95. The number of halogens is 2. The van der Waals surface area contributed by atoms with E-state index in [-0.39, 0.29) is 24.6 Å². The van der Waals surface area contributed by atoms with Crippen molar-refractivity contribution in [2.24, 2.45) is 0 Å². The number of anilines is 1. The standard InChI is InChI=1S/C14H14F2N2O4/c1-2-22-10-4-3-8(15)13(12(10)16)17-9-7-11(20)18(5-6-19)14(9)21/h3-4,7,17,19H,2,5-6H2,1H3. The van der Waals surface area contributed by atoms with E-state index in [1.165, 1.54) is 0 Å². The summed E-state index contributed by atoms with van der Waals surface area (Å²) in [6.07, 6.45) is 0.921. The van der Waals surface area contributed by atoms with Crippen LogP contribution in [0.2, 0.25) is 0 Å². The van der Waals surface area contributed by atoms with Crippen molar-refractivity contribution in [1.82, 2.24) is 4.90 Å². The number of aliphatic hydroxyl groups is 1. The molecule has 0 radical (unpaired) electrons. The lowest BCUT2D eigenvalue weighted by atomic mass is 10.2. The Morgan fingerprint density at radius 2 is 2.05 bits per heavy atom. The van der Waals surface area contributed by atoms with Gasteiger partial charge in [-0.2, -0.15) is 0 Å². The second kappa shape index (κ2) is 6.52. The van der Waals surface area contributed by atoms with Crippen LogP contribution in [0.4, 0.5) is 14.5 Å². The summed E-state index contributed by atoms with van der Waals surface area (Å²) >= 11 is 0. The van der Waals surface area contributed by atoms with Gasteiger partial charge >= 0.3 is 0 Å². The molecule has 0 atom stereocenters. The summed E-state index contributed by atoms with van der Waals surface area (Å²) in [5.41, 5.74) is -0.853. The summed E-state index contributed by atoms with van der Waals surface area (Å²) in [5.74, 6) is -3.52. The van der Waals surface area contributed by atoms with Gasteiger partial charge in [0.25, 0.3) is 11.8 Å². The van der Waals surface area contributed by atoms with Crippen LogP contribution in [0.5, 0.6) is 5.75 Å². The van der Waals surface area contributed by atoms with E-state index in [0.29, 0.717) is 0 Å². The number of carbonyl (C=O) groups excluding carboxylic acids is 2. The van der Waals surface area contributed by atoms with Crippen LogP contribution in [-0.4, -0.2) is 41.6 Å². The largest absolute Gasteiger partial charge is 0.491 e. The summed E-state index contributed by atoms with van der Waals surface area (Å²) in [7, 11) is 0. The molecule has 0 fully saturated rings. The summed E-state index contributed by atoms with van der Waals surface area (Å²) in [6, 6.07) is 2.12. The number of hydrogen-bond donors (Lipinski definition) is 2. The number of ether oxygens (including phenoxy) is 1. The van der Waals surface area contributed by atoms with Crippen LogP contribution in [0.25, 0.3) is 0 Å². The molecule has 0 aliphatic carbocycles. The normalized spacial score (nSPS) is 14.4. The topological polar surface area (TPSA) is 78.9 Å². The van der Waals surface area contributed by atoms with Crippen molar-refractivity contribution in [2.75, 3.05) is 25.1 Å². The first kappa shape index (κ1) is 15.9. The maximum atomic E-state index is 14.1. The number of rotatable bonds is 6. The van der Waals surface area contributed by atoms with E-state index in [9.17, 15) is 18.4 Å². The third-order valence-corrected chi connectivity index (χ3v) is 2.95. The second-order valence-electron chi connectivity index (χ2n) is 4.37. The van der Waals surface area contributed by atoms with E-state index in [2.05, 4.69) is 5.32 Å². The molecule has 8 heteroatoms. The van der Waals surface area contributed by atoms with Gasteiger partial charge < -0.3 is 15.2 Å². The molecule has 6 nitrogen and oxygen atoms in total. The number of aliphatic hydroxyl groups excluding tert-OH is 1. The number of nitrogens with zero attached hydrogens (tertiary/aromatic N) is 1. The van der Waals surface area contributed by atoms with Crippen molar-refractivity contribution >= 4 is 17.5 Å². The quantitative estimate of drug-likeness (QED) is 0.767.